The number of hydrogen-bond donors (Lipinski definition) is 2. The maximum Gasteiger partial charge on any atom is 0.241 e. The highest BCUT2D eigenvalue weighted by atomic mass is 32.2. The molecule has 0 unspecified atom stereocenters. The first-order valence-electron chi connectivity index (χ1n) is 12.4. The number of hydrogen-bond acceptors (Lipinski definition) is 3. The average Bonchev–Trinajstić information content (AvgIpc) is 2.90. The third-order valence-electron chi connectivity index (χ3n) is 6.39. The van der Waals surface area contributed by atoms with E-state index in [4.69, 9.17) is 0 Å². The highest BCUT2D eigenvalue weighted by molar-refractivity contribution is 7.89. The van der Waals surface area contributed by atoms with Crippen molar-refractivity contribution in [3.63, 3.8) is 0 Å². The van der Waals surface area contributed by atoms with E-state index in [0.29, 0.717) is 0 Å². The van der Waals surface area contributed by atoms with Crippen LogP contribution in [0, 0.1) is 13.8 Å². The SMILES string of the molecule is Cc1ccc(CCCN[C@@H](c2ccccc2)[C@@H](NS(=O)(=O)c2ccc(C)cc2)c2ccccc2)cc1. The van der Waals surface area contributed by atoms with E-state index in [-0.39, 0.29) is 10.9 Å². The molecule has 4 nitrogen and oxygen atoms in total. The van der Waals surface area contributed by atoms with E-state index in [0.717, 1.165) is 36.1 Å². The number of rotatable bonds is 11. The molecule has 0 bridgehead atoms. The molecule has 0 aliphatic carbocycles. The lowest BCUT2D eigenvalue weighted by molar-refractivity contribution is 0.420. The Morgan fingerprint density at radius 1 is 0.639 bits per heavy atom. The highest BCUT2D eigenvalue weighted by Gasteiger charge is 2.29. The summed E-state index contributed by atoms with van der Waals surface area (Å²) in [7, 11) is -3.75. The summed E-state index contributed by atoms with van der Waals surface area (Å²) in [6, 6.07) is 34.7. The lowest BCUT2D eigenvalue weighted by Gasteiger charge is -2.30. The van der Waals surface area contributed by atoms with Gasteiger partial charge in [-0.15, -0.1) is 0 Å². The summed E-state index contributed by atoms with van der Waals surface area (Å²) < 4.78 is 30.0. The molecule has 0 fully saturated rings. The number of benzene rings is 4. The predicted octanol–water partition coefficient (Wildman–Crippen LogP) is 6.29. The molecule has 2 N–H and O–H groups in total. The van der Waals surface area contributed by atoms with Crippen molar-refractivity contribution in [2.75, 3.05) is 6.54 Å². The first-order chi connectivity index (χ1) is 17.4. The van der Waals surface area contributed by atoms with E-state index in [1.165, 1.54) is 11.1 Å². The minimum absolute atomic E-state index is 0.244. The Morgan fingerprint density at radius 2 is 1.14 bits per heavy atom. The second-order valence-corrected chi connectivity index (χ2v) is 11.0. The van der Waals surface area contributed by atoms with Gasteiger partial charge in [-0.25, -0.2) is 13.1 Å². The lowest BCUT2D eigenvalue weighted by Crippen LogP contribution is -2.39. The van der Waals surface area contributed by atoms with Gasteiger partial charge in [0.1, 0.15) is 0 Å². The van der Waals surface area contributed by atoms with Gasteiger partial charge in [-0.1, -0.05) is 108 Å². The molecule has 0 spiro atoms. The average molecular weight is 499 g/mol. The van der Waals surface area contributed by atoms with E-state index in [1.807, 2.05) is 79.7 Å². The number of nitrogens with one attached hydrogen (secondary N) is 2. The van der Waals surface area contributed by atoms with Crippen LogP contribution in [0.2, 0.25) is 0 Å². The number of aryl methyl sites for hydroxylation is 3. The Kier molecular flexibility index (Phi) is 8.70. The maximum atomic E-state index is 13.5. The van der Waals surface area contributed by atoms with Gasteiger partial charge >= 0.3 is 0 Å². The molecule has 0 saturated carbocycles. The quantitative estimate of drug-likeness (QED) is 0.239. The summed E-state index contributed by atoms with van der Waals surface area (Å²) in [5, 5.41) is 3.67. The van der Waals surface area contributed by atoms with Gasteiger partial charge in [-0.3, -0.25) is 0 Å². The van der Waals surface area contributed by atoms with Crippen molar-refractivity contribution in [1.82, 2.24) is 10.0 Å². The molecular formula is C31H34N2O2S. The van der Waals surface area contributed by atoms with Gasteiger partial charge in [0.05, 0.1) is 17.0 Å². The van der Waals surface area contributed by atoms with E-state index in [1.54, 1.807) is 12.1 Å². The van der Waals surface area contributed by atoms with Gasteiger partial charge in [-0.05, 0) is 62.1 Å². The standard InChI is InChI=1S/C31H34N2O2S/c1-24-15-19-26(20-16-24)10-9-23-32-30(27-11-5-3-6-12-27)31(28-13-7-4-8-14-28)33-36(34,35)29-21-17-25(2)18-22-29/h3-8,11-22,30-33H,9-10,23H2,1-2H3/t30-,31-/m0/s1. The molecule has 5 heteroatoms. The van der Waals surface area contributed by atoms with Crippen LogP contribution in [-0.2, 0) is 16.4 Å². The Hall–Kier alpha value is -3.25. The van der Waals surface area contributed by atoms with Crippen molar-refractivity contribution in [3.05, 3.63) is 137 Å². The predicted molar refractivity (Wildman–Crippen MR) is 147 cm³/mol. The van der Waals surface area contributed by atoms with Crippen molar-refractivity contribution < 1.29 is 8.42 Å². The maximum absolute atomic E-state index is 13.5. The molecule has 36 heavy (non-hydrogen) atoms. The van der Waals surface area contributed by atoms with E-state index in [2.05, 4.69) is 41.2 Å². The first-order valence-corrected chi connectivity index (χ1v) is 13.9. The number of sulfonamides is 1. The molecule has 4 rings (SSSR count). The highest BCUT2D eigenvalue weighted by Crippen LogP contribution is 2.31. The summed E-state index contributed by atoms with van der Waals surface area (Å²) in [6.45, 7) is 4.79. The molecule has 0 aromatic heterocycles. The molecule has 0 heterocycles. The molecular weight excluding hydrogens is 464 g/mol. The zero-order valence-electron chi connectivity index (χ0n) is 20.9. The van der Waals surface area contributed by atoms with Gasteiger partial charge in [0.25, 0.3) is 0 Å². The van der Waals surface area contributed by atoms with Crippen molar-refractivity contribution in [2.45, 2.75) is 43.7 Å². The minimum atomic E-state index is -3.75. The van der Waals surface area contributed by atoms with E-state index in [9.17, 15) is 8.42 Å². The molecule has 0 aliphatic heterocycles. The minimum Gasteiger partial charge on any atom is -0.308 e. The van der Waals surface area contributed by atoms with Crippen LogP contribution in [0.5, 0.6) is 0 Å². The Morgan fingerprint density at radius 3 is 1.69 bits per heavy atom. The Labute approximate surface area is 215 Å². The fraction of sp³-hybridized carbons (Fsp3) is 0.226. The van der Waals surface area contributed by atoms with Crippen LogP contribution < -0.4 is 10.0 Å². The van der Waals surface area contributed by atoms with Crippen molar-refractivity contribution in [2.24, 2.45) is 0 Å². The van der Waals surface area contributed by atoms with Gasteiger partial charge < -0.3 is 5.32 Å². The van der Waals surface area contributed by atoms with Crippen LogP contribution in [0.25, 0.3) is 0 Å². The smallest absolute Gasteiger partial charge is 0.241 e. The Bertz CT molecular complexity index is 1320. The second kappa shape index (κ2) is 12.1. The molecule has 4 aromatic rings. The van der Waals surface area contributed by atoms with Crippen molar-refractivity contribution >= 4 is 10.0 Å². The molecule has 0 radical (unpaired) electrons. The summed E-state index contributed by atoms with van der Waals surface area (Å²) in [6.07, 6.45) is 1.90. The van der Waals surface area contributed by atoms with E-state index < -0.39 is 16.1 Å². The zero-order valence-corrected chi connectivity index (χ0v) is 21.7. The largest absolute Gasteiger partial charge is 0.308 e. The fourth-order valence-corrected chi connectivity index (χ4v) is 5.57. The van der Waals surface area contributed by atoms with Crippen LogP contribution in [-0.4, -0.2) is 15.0 Å². The monoisotopic (exact) mass is 498 g/mol. The van der Waals surface area contributed by atoms with Crippen LogP contribution in [0.3, 0.4) is 0 Å². The Balaban J connectivity index is 1.60. The summed E-state index contributed by atoms with van der Waals surface area (Å²) in [5.74, 6) is 0. The van der Waals surface area contributed by atoms with Crippen LogP contribution in [0.1, 0.15) is 46.3 Å². The molecule has 186 valence electrons. The van der Waals surface area contributed by atoms with Crippen LogP contribution >= 0.6 is 0 Å². The van der Waals surface area contributed by atoms with Gasteiger partial charge in [0, 0.05) is 0 Å². The zero-order chi connectivity index (χ0) is 25.4. The summed E-state index contributed by atoms with van der Waals surface area (Å²) in [5.41, 5.74) is 5.53. The molecule has 4 aromatic carbocycles. The molecule has 0 saturated heterocycles. The van der Waals surface area contributed by atoms with E-state index >= 15 is 0 Å². The normalized spacial score (nSPS) is 13.3. The molecule has 0 aliphatic rings. The van der Waals surface area contributed by atoms with Crippen LogP contribution in [0.4, 0.5) is 0 Å². The van der Waals surface area contributed by atoms with Gasteiger partial charge in [0.15, 0.2) is 0 Å². The van der Waals surface area contributed by atoms with Gasteiger partial charge in [0.2, 0.25) is 10.0 Å². The van der Waals surface area contributed by atoms with Crippen molar-refractivity contribution in [1.29, 1.82) is 0 Å². The lowest BCUT2D eigenvalue weighted by atomic mass is 9.94. The molecule has 2 atom stereocenters. The summed E-state index contributed by atoms with van der Waals surface area (Å²) in [4.78, 5) is 0.264. The topological polar surface area (TPSA) is 58.2 Å². The van der Waals surface area contributed by atoms with Gasteiger partial charge in [-0.2, -0.15) is 0 Å². The van der Waals surface area contributed by atoms with Crippen molar-refractivity contribution in [3.8, 4) is 0 Å². The molecule has 0 amide bonds. The third kappa shape index (κ3) is 6.91. The fourth-order valence-electron chi connectivity index (χ4n) is 4.33. The first kappa shape index (κ1) is 25.8. The third-order valence-corrected chi connectivity index (χ3v) is 7.85. The summed E-state index contributed by atoms with van der Waals surface area (Å²) >= 11 is 0. The van der Waals surface area contributed by atoms with Crippen LogP contribution in [0.15, 0.2) is 114 Å². The second-order valence-electron chi connectivity index (χ2n) is 9.25.